The zero-order chi connectivity index (χ0) is 15.6. The summed E-state index contributed by atoms with van der Waals surface area (Å²) in [4.78, 5) is 24.2. The smallest absolute Gasteiger partial charge is 0.343 e. The number of hydrogen-bond donors (Lipinski definition) is 1. The van der Waals surface area contributed by atoms with E-state index in [0.29, 0.717) is 0 Å². The van der Waals surface area contributed by atoms with Gasteiger partial charge in [-0.3, -0.25) is 4.79 Å². The Kier molecular flexibility index (Phi) is 4.25. The van der Waals surface area contributed by atoms with E-state index in [1.54, 1.807) is 12.1 Å². The first kappa shape index (κ1) is 15.4. The summed E-state index contributed by atoms with van der Waals surface area (Å²) >= 11 is 0. The Morgan fingerprint density at radius 1 is 1.38 bits per heavy atom. The molecule has 21 heavy (non-hydrogen) atoms. The quantitative estimate of drug-likeness (QED) is 0.928. The van der Waals surface area contributed by atoms with Gasteiger partial charge in [-0.15, -0.1) is 0 Å². The Labute approximate surface area is 121 Å². The highest BCUT2D eigenvalue weighted by molar-refractivity contribution is 5.82. The molecule has 6 heteroatoms. The molecule has 0 radical (unpaired) electrons. The lowest BCUT2D eigenvalue weighted by atomic mass is 9.97. The van der Waals surface area contributed by atoms with Gasteiger partial charge in [-0.25, -0.2) is 13.6 Å². The molecule has 0 aliphatic carbocycles. The second-order valence-corrected chi connectivity index (χ2v) is 5.49. The van der Waals surface area contributed by atoms with Crippen LogP contribution in [0.5, 0.6) is 0 Å². The number of alkyl halides is 1. The van der Waals surface area contributed by atoms with E-state index in [4.69, 9.17) is 5.11 Å². The Morgan fingerprint density at radius 2 is 2.00 bits per heavy atom. The largest absolute Gasteiger partial charge is 0.479 e. The normalized spacial score (nSPS) is 23.1. The first-order valence-corrected chi connectivity index (χ1v) is 6.77. The highest BCUT2D eigenvalue weighted by atomic mass is 19.1. The SMILES string of the molecule is CC(CC(=O)N1CCC(F)(C(=O)O)C1)c1ccc(F)cc1. The Bertz CT molecular complexity index is 546. The molecule has 0 aromatic heterocycles. The van der Waals surface area contributed by atoms with Crippen LogP contribution in [0.3, 0.4) is 0 Å². The number of carboxylic acids is 1. The minimum Gasteiger partial charge on any atom is -0.479 e. The minimum atomic E-state index is -2.34. The Balaban J connectivity index is 1.96. The van der Waals surface area contributed by atoms with Crippen molar-refractivity contribution in [2.24, 2.45) is 0 Å². The Morgan fingerprint density at radius 3 is 2.52 bits per heavy atom. The van der Waals surface area contributed by atoms with E-state index in [2.05, 4.69) is 0 Å². The maximum absolute atomic E-state index is 13.9. The van der Waals surface area contributed by atoms with Gasteiger partial charge in [-0.05, 0) is 23.6 Å². The molecule has 4 nitrogen and oxygen atoms in total. The predicted molar refractivity (Wildman–Crippen MR) is 72.1 cm³/mol. The predicted octanol–water partition coefficient (Wildman–Crippen LogP) is 2.34. The number of aliphatic carboxylic acids is 1. The molecule has 2 unspecified atom stereocenters. The third-order valence-corrected chi connectivity index (χ3v) is 3.88. The number of hydrogen-bond acceptors (Lipinski definition) is 2. The second-order valence-electron chi connectivity index (χ2n) is 5.49. The molecule has 0 bridgehead atoms. The van der Waals surface area contributed by atoms with Gasteiger partial charge in [0.15, 0.2) is 0 Å². The standard InChI is InChI=1S/C15H17F2NO3/c1-10(11-2-4-12(16)5-3-11)8-13(19)18-7-6-15(17,9-18)14(20)21/h2-5,10H,6-9H2,1H3,(H,20,21). The molecule has 1 amide bonds. The second kappa shape index (κ2) is 5.79. The van der Waals surface area contributed by atoms with E-state index in [1.165, 1.54) is 17.0 Å². The van der Waals surface area contributed by atoms with Crippen LogP contribution in [-0.4, -0.2) is 40.6 Å². The zero-order valence-corrected chi connectivity index (χ0v) is 11.7. The monoisotopic (exact) mass is 297 g/mol. The number of likely N-dealkylation sites (tertiary alicyclic amines) is 1. The van der Waals surface area contributed by atoms with E-state index >= 15 is 0 Å². The van der Waals surface area contributed by atoms with Crippen molar-refractivity contribution < 1.29 is 23.5 Å². The number of benzene rings is 1. The van der Waals surface area contributed by atoms with Gasteiger partial charge in [-0.2, -0.15) is 0 Å². The van der Waals surface area contributed by atoms with Gasteiger partial charge in [0.2, 0.25) is 11.6 Å². The fraction of sp³-hybridized carbons (Fsp3) is 0.467. The summed E-state index contributed by atoms with van der Waals surface area (Å²) in [5.41, 5.74) is -1.52. The molecule has 1 heterocycles. The molecule has 114 valence electrons. The number of halogens is 2. The van der Waals surface area contributed by atoms with Gasteiger partial charge in [0.25, 0.3) is 0 Å². The summed E-state index contributed by atoms with van der Waals surface area (Å²) in [6.07, 6.45) is -0.0413. The minimum absolute atomic E-state index is 0.109. The number of rotatable bonds is 4. The number of carbonyl (C=O) groups excluding carboxylic acids is 1. The zero-order valence-electron chi connectivity index (χ0n) is 11.7. The first-order valence-electron chi connectivity index (χ1n) is 6.77. The lowest BCUT2D eigenvalue weighted by Crippen LogP contribution is -2.39. The average Bonchev–Trinajstić information content (AvgIpc) is 2.83. The van der Waals surface area contributed by atoms with Crippen LogP contribution in [0.1, 0.15) is 31.2 Å². The van der Waals surface area contributed by atoms with Gasteiger partial charge in [-0.1, -0.05) is 19.1 Å². The van der Waals surface area contributed by atoms with E-state index in [0.717, 1.165) is 5.56 Å². The highest BCUT2D eigenvalue weighted by Crippen LogP contribution is 2.28. The lowest BCUT2D eigenvalue weighted by Gasteiger charge is -2.20. The summed E-state index contributed by atoms with van der Waals surface area (Å²) in [6, 6.07) is 5.86. The van der Waals surface area contributed by atoms with Crippen molar-refractivity contribution in [2.75, 3.05) is 13.1 Å². The summed E-state index contributed by atoms with van der Waals surface area (Å²) < 4.78 is 26.8. The third kappa shape index (κ3) is 3.37. The highest BCUT2D eigenvalue weighted by Gasteiger charge is 2.46. The number of nitrogens with zero attached hydrogens (tertiary/aromatic N) is 1. The van der Waals surface area contributed by atoms with Crippen LogP contribution in [0.25, 0.3) is 0 Å². The van der Waals surface area contributed by atoms with Gasteiger partial charge in [0.1, 0.15) is 5.82 Å². The number of amides is 1. The molecule has 1 aromatic carbocycles. The van der Waals surface area contributed by atoms with Crippen molar-refractivity contribution in [3.05, 3.63) is 35.6 Å². The summed E-state index contributed by atoms with van der Waals surface area (Å²) in [7, 11) is 0. The van der Waals surface area contributed by atoms with Gasteiger partial charge in [0.05, 0.1) is 6.54 Å². The summed E-state index contributed by atoms with van der Waals surface area (Å²) in [5, 5.41) is 8.81. The van der Waals surface area contributed by atoms with E-state index < -0.39 is 18.2 Å². The van der Waals surface area contributed by atoms with Crippen LogP contribution in [0, 0.1) is 5.82 Å². The third-order valence-electron chi connectivity index (χ3n) is 3.88. The molecule has 1 saturated heterocycles. The van der Waals surface area contributed by atoms with Crippen molar-refractivity contribution in [2.45, 2.75) is 31.4 Å². The summed E-state index contributed by atoms with van der Waals surface area (Å²) in [6.45, 7) is 1.52. The maximum atomic E-state index is 13.9. The fourth-order valence-electron chi connectivity index (χ4n) is 2.46. The molecule has 1 aliphatic rings. The molecule has 1 aliphatic heterocycles. The molecular weight excluding hydrogens is 280 g/mol. The lowest BCUT2D eigenvalue weighted by molar-refractivity contribution is -0.150. The van der Waals surface area contributed by atoms with Crippen molar-refractivity contribution >= 4 is 11.9 Å². The van der Waals surface area contributed by atoms with Crippen LogP contribution < -0.4 is 0 Å². The van der Waals surface area contributed by atoms with Crippen molar-refractivity contribution in [3.63, 3.8) is 0 Å². The molecule has 2 rings (SSSR count). The van der Waals surface area contributed by atoms with Crippen LogP contribution in [0.15, 0.2) is 24.3 Å². The van der Waals surface area contributed by atoms with Gasteiger partial charge in [0, 0.05) is 19.4 Å². The topological polar surface area (TPSA) is 57.6 Å². The van der Waals surface area contributed by atoms with Crippen LogP contribution in [0.4, 0.5) is 8.78 Å². The molecule has 1 fully saturated rings. The van der Waals surface area contributed by atoms with Crippen molar-refractivity contribution in [1.29, 1.82) is 0 Å². The maximum Gasteiger partial charge on any atom is 0.343 e. The fourth-order valence-corrected chi connectivity index (χ4v) is 2.46. The average molecular weight is 297 g/mol. The molecule has 2 atom stereocenters. The Hall–Kier alpha value is -1.98. The van der Waals surface area contributed by atoms with E-state index in [9.17, 15) is 18.4 Å². The van der Waals surface area contributed by atoms with Crippen LogP contribution >= 0.6 is 0 Å². The molecule has 0 spiro atoms. The summed E-state index contributed by atoms with van der Waals surface area (Å²) in [5.74, 6) is -2.30. The first-order chi connectivity index (χ1) is 9.82. The van der Waals surface area contributed by atoms with Gasteiger partial charge >= 0.3 is 5.97 Å². The van der Waals surface area contributed by atoms with E-state index in [-0.39, 0.29) is 37.0 Å². The van der Waals surface area contributed by atoms with Crippen LogP contribution in [0.2, 0.25) is 0 Å². The van der Waals surface area contributed by atoms with Crippen molar-refractivity contribution in [1.82, 2.24) is 4.90 Å². The number of carboxylic acid groups (broad SMARTS) is 1. The molecule has 1 aromatic rings. The van der Waals surface area contributed by atoms with Crippen molar-refractivity contribution in [3.8, 4) is 0 Å². The molecular formula is C15H17F2NO3. The van der Waals surface area contributed by atoms with Gasteiger partial charge < -0.3 is 10.0 Å². The number of carbonyl (C=O) groups is 2. The van der Waals surface area contributed by atoms with E-state index in [1.807, 2.05) is 6.92 Å². The molecule has 0 saturated carbocycles. The van der Waals surface area contributed by atoms with Crippen LogP contribution in [-0.2, 0) is 9.59 Å². The molecule has 1 N–H and O–H groups in total.